The van der Waals surface area contributed by atoms with E-state index < -0.39 is 16.6 Å². The van der Waals surface area contributed by atoms with Gasteiger partial charge in [-0.3, -0.25) is 0 Å². The molecule has 0 aromatic heterocycles. The van der Waals surface area contributed by atoms with Gasteiger partial charge in [0.2, 0.25) is 16.6 Å². The largest absolute Gasteiger partial charge is 0.416 e. The smallest absolute Gasteiger partial charge is 0.205 e. The summed E-state index contributed by atoms with van der Waals surface area (Å²) in [6.07, 6.45) is 12.5. The quantitative estimate of drug-likeness (QED) is 0.111. The molecule has 2 atom stereocenters. The van der Waals surface area contributed by atoms with Crippen LogP contribution in [0.25, 0.3) is 0 Å². The molecular weight excluding hydrogens is 433 g/mol. The van der Waals surface area contributed by atoms with Crippen molar-refractivity contribution in [1.82, 2.24) is 0 Å². The van der Waals surface area contributed by atoms with Gasteiger partial charge in [0.05, 0.1) is 0 Å². The Kier molecular flexibility index (Phi) is 19.5. The summed E-state index contributed by atoms with van der Waals surface area (Å²) in [5, 5.41) is 0. The summed E-state index contributed by atoms with van der Waals surface area (Å²) in [5.41, 5.74) is 0. The minimum atomic E-state index is -1.77. The van der Waals surface area contributed by atoms with Gasteiger partial charge in [-0.1, -0.05) is 93.9 Å². The van der Waals surface area contributed by atoms with Crippen LogP contribution in [0.3, 0.4) is 0 Å². The Morgan fingerprint density at radius 2 is 0.839 bits per heavy atom. The lowest BCUT2D eigenvalue weighted by Gasteiger charge is -2.44. The molecule has 0 rings (SSSR count). The van der Waals surface area contributed by atoms with Crippen LogP contribution in [0.2, 0.25) is 24.2 Å². The third kappa shape index (κ3) is 10.7. The second kappa shape index (κ2) is 19.1. The van der Waals surface area contributed by atoms with E-state index in [4.69, 9.17) is 8.85 Å². The first kappa shape index (κ1) is 31.7. The molecule has 0 N–H and O–H groups in total. The van der Waals surface area contributed by atoms with Crippen molar-refractivity contribution in [3.63, 3.8) is 0 Å². The van der Waals surface area contributed by atoms with Gasteiger partial charge in [0.25, 0.3) is 0 Å². The SMILES string of the molecule is CCCCO[Si](CCC)(CCC)C(CC)SC(CC)[Si](CCC)(CCC)OCCCC. The van der Waals surface area contributed by atoms with E-state index in [-0.39, 0.29) is 0 Å². The molecule has 0 aromatic carbocycles. The Balaban J connectivity index is 5.90. The monoisotopic (exact) mass is 490 g/mol. The van der Waals surface area contributed by atoms with Crippen LogP contribution in [0, 0.1) is 0 Å². The van der Waals surface area contributed by atoms with Gasteiger partial charge in [0.1, 0.15) is 0 Å². The van der Waals surface area contributed by atoms with Gasteiger partial charge in [-0.15, -0.1) is 0 Å². The second-order valence-corrected chi connectivity index (χ2v) is 19.9. The first-order chi connectivity index (χ1) is 15.0. The minimum Gasteiger partial charge on any atom is -0.416 e. The lowest BCUT2D eigenvalue weighted by atomic mass is 10.4. The molecule has 31 heavy (non-hydrogen) atoms. The zero-order valence-electron chi connectivity index (χ0n) is 22.7. The summed E-state index contributed by atoms with van der Waals surface area (Å²) in [5.74, 6) is 0. The lowest BCUT2D eigenvalue weighted by Crippen LogP contribution is -2.54. The van der Waals surface area contributed by atoms with E-state index >= 15 is 0 Å². The fourth-order valence-corrected chi connectivity index (χ4v) is 20.0. The average Bonchev–Trinajstić information content (AvgIpc) is 2.75. The zero-order valence-corrected chi connectivity index (χ0v) is 25.5. The molecule has 0 saturated carbocycles. The molecule has 0 aliphatic carbocycles. The van der Waals surface area contributed by atoms with Crippen LogP contribution in [-0.4, -0.2) is 39.6 Å². The number of thioether (sulfide) groups is 1. The molecule has 0 spiro atoms. The van der Waals surface area contributed by atoms with Crippen molar-refractivity contribution in [3.8, 4) is 0 Å². The predicted molar refractivity (Wildman–Crippen MR) is 149 cm³/mol. The predicted octanol–water partition coefficient (Wildman–Crippen LogP) is 9.52. The van der Waals surface area contributed by atoms with Crippen LogP contribution >= 0.6 is 11.8 Å². The number of rotatable bonds is 22. The molecule has 0 bridgehead atoms. The first-order valence-corrected chi connectivity index (χ1v) is 19.7. The maximum Gasteiger partial charge on any atom is 0.205 e. The van der Waals surface area contributed by atoms with Crippen molar-refractivity contribution in [2.45, 2.75) is 154 Å². The van der Waals surface area contributed by atoms with E-state index in [2.05, 4.69) is 67.2 Å². The molecule has 0 fully saturated rings. The van der Waals surface area contributed by atoms with Gasteiger partial charge in [0.15, 0.2) is 0 Å². The minimum absolute atomic E-state index is 0.713. The Hall–Kier alpha value is 0.704. The number of hydrogen-bond acceptors (Lipinski definition) is 3. The van der Waals surface area contributed by atoms with Crippen LogP contribution in [0.1, 0.15) is 120 Å². The van der Waals surface area contributed by atoms with Crippen molar-refractivity contribution in [1.29, 1.82) is 0 Å². The zero-order chi connectivity index (χ0) is 23.6. The molecule has 0 aliphatic heterocycles. The Morgan fingerprint density at radius 1 is 0.516 bits per heavy atom. The molecule has 0 amide bonds. The molecular formula is C26H58O2SSi2. The summed E-state index contributed by atoms with van der Waals surface area (Å²) in [6.45, 7) is 20.9. The van der Waals surface area contributed by atoms with E-state index in [1.165, 1.54) is 88.4 Å². The Labute approximate surface area is 203 Å². The van der Waals surface area contributed by atoms with Gasteiger partial charge in [-0.2, -0.15) is 11.8 Å². The number of unbranched alkanes of at least 4 members (excludes halogenated alkanes) is 2. The fourth-order valence-electron chi connectivity index (χ4n) is 5.28. The highest BCUT2D eigenvalue weighted by molar-refractivity contribution is 8.03. The molecule has 2 nitrogen and oxygen atoms in total. The van der Waals surface area contributed by atoms with Gasteiger partial charge in [-0.25, -0.2) is 0 Å². The fraction of sp³-hybridized carbons (Fsp3) is 1.00. The highest BCUT2D eigenvalue weighted by atomic mass is 32.2. The van der Waals surface area contributed by atoms with E-state index in [0.29, 0.717) is 9.75 Å². The third-order valence-electron chi connectivity index (χ3n) is 6.71. The van der Waals surface area contributed by atoms with Crippen LogP contribution in [0.5, 0.6) is 0 Å². The van der Waals surface area contributed by atoms with Crippen molar-refractivity contribution in [2.75, 3.05) is 13.2 Å². The molecule has 0 saturated heterocycles. The summed E-state index contributed by atoms with van der Waals surface area (Å²) >= 11 is 2.35. The first-order valence-electron chi connectivity index (χ1n) is 13.9. The topological polar surface area (TPSA) is 18.5 Å². The molecule has 188 valence electrons. The maximum atomic E-state index is 6.97. The van der Waals surface area contributed by atoms with Gasteiger partial charge < -0.3 is 8.85 Å². The molecule has 0 radical (unpaired) electrons. The van der Waals surface area contributed by atoms with Crippen molar-refractivity contribution in [3.05, 3.63) is 0 Å². The second-order valence-electron chi connectivity index (χ2n) is 9.46. The summed E-state index contributed by atoms with van der Waals surface area (Å²) < 4.78 is 13.9. The highest BCUT2D eigenvalue weighted by Crippen LogP contribution is 2.43. The van der Waals surface area contributed by atoms with E-state index in [9.17, 15) is 0 Å². The van der Waals surface area contributed by atoms with Crippen LogP contribution in [0.15, 0.2) is 0 Å². The van der Waals surface area contributed by atoms with Crippen molar-refractivity contribution >= 4 is 28.4 Å². The summed E-state index contributed by atoms with van der Waals surface area (Å²) in [7, 11) is -3.55. The van der Waals surface area contributed by atoms with Crippen LogP contribution in [0.4, 0.5) is 0 Å². The van der Waals surface area contributed by atoms with E-state index in [1.54, 1.807) is 0 Å². The normalized spacial score (nSPS) is 14.7. The Morgan fingerprint density at radius 3 is 1.06 bits per heavy atom. The molecule has 0 aliphatic rings. The van der Waals surface area contributed by atoms with Crippen LogP contribution in [-0.2, 0) is 8.85 Å². The van der Waals surface area contributed by atoms with E-state index in [0.717, 1.165) is 13.2 Å². The lowest BCUT2D eigenvalue weighted by molar-refractivity contribution is 0.284. The maximum absolute atomic E-state index is 6.97. The average molecular weight is 491 g/mol. The molecule has 0 aromatic rings. The standard InChI is InChI=1S/C26H58O2SSi2/c1-9-17-19-27-30(21-11-3,22-12-4)25(15-7)29-26(16-8)31(23-13-5,24-14-6)28-20-18-10-2/h25-26H,9-24H2,1-8H3. The molecule has 2 unspecified atom stereocenters. The number of hydrogen-bond donors (Lipinski definition) is 0. The van der Waals surface area contributed by atoms with Gasteiger partial charge in [0, 0.05) is 23.0 Å². The molecule has 0 heterocycles. The highest BCUT2D eigenvalue weighted by Gasteiger charge is 2.47. The summed E-state index contributed by atoms with van der Waals surface area (Å²) in [4.78, 5) is 1.43. The van der Waals surface area contributed by atoms with Crippen LogP contribution < -0.4 is 0 Å². The molecule has 5 heteroatoms. The summed E-state index contributed by atoms with van der Waals surface area (Å²) in [6, 6.07) is 5.33. The van der Waals surface area contributed by atoms with E-state index in [1.807, 2.05) is 0 Å². The van der Waals surface area contributed by atoms with Crippen molar-refractivity contribution in [2.24, 2.45) is 0 Å². The van der Waals surface area contributed by atoms with Gasteiger partial charge >= 0.3 is 0 Å². The third-order valence-corrected chi connectivity index (χ3v) is 21.5. The van der Waals surface area contributed by atoms with Crippen molar-refractivity contribution < 1.29 is 8.85 Å². The Bertz CT molecular complexity index is 361. The van der Waals surface area contributed by atoms with Gasteiger partial charge in [-0.05, 0) is 49.9 Å².